The van der Waals surface area contributed by atoms with Crippen molar-refractivity contribution < 1.29 is 57.3 Å². The van der Waals surface area contributed by atoms with E-state index < -0.39 is 83.5 Å². The highest BCUT2D eigenvalue weighted by Crippen LogP contribution is 2.35. The van der Waals surface area contributed by atoms with Crippen LogP contribution in [0.15, 0.2) is 36.4 Å². The molecule has 2 aromatic rings. The first-order chi connectivity index (χ1) is 36.9. The standard InChI is InChI=1S/C50H74N12O12S2/c51-17-3-1-9-33(43(63)55-21-7-19-53)57-45(65)35(59-47(67)37-11-5-23-61(37)49(69)31-13-15-39-41(25-31)73-29-71-39)27-75-76-28-36(46(66)58-34(10-2-4-18-52)44(64)56-22-8-20-54)60-48(68)38-12-6-24-62(38)50(70)32-14-16-40-42(26-32)74-30-72-40/h13-16,25-26,33-38H,1-12,17-24,27-30,51-54H2,(H,55,63)(H,56,64)(H,57,65)(H,58,66)(H,59,67)(H,60,68)/t33-,34-,35-,36-,37-,38-/m0/s1. The quantitative estimate of drug-likeness (QED) is 0.0338. The highest BCUT2D eigenvalue weighted by molar-refractivity contribution is 8.76. The molecule has 2 aromatic carbocycles. The number of amides is 8. The van der Waals surface area contributed by atoms with E-state index in [4.69, 9.17) is 41.9 Å². The summed E-state index contributed by atoms with van der Waals surface area (Å²) in [6.45, 7) is 2.60. The Balaban J connectivity index is 1.20. The zero-order valence-electron chi connectivity index (χ0n) is 42.8. The number of nitrogens with two attached hydrogens (primary N) is 4. The fourth-order valence-corrected chi connectivity index (χ4v) is 11.4. The van der Waals surface area contributed by atoms with Gasteiger partial charge in [-0.05, 0) is 140 Å². The third-order valence-corrected chi connectivity index (χ3v) is 15.6. The third kappa shape index (κ3) is 16.7. The van der Waals surface area contributed by atoms with Crippen molar-refractivity contribution in [1.29, 1.82) is 0 Å². The number of likely N-dealkylation sites (tertiary alicyclic amines) is 2. The van der Waals surface area contributed by atoms with Crippen LogP contribution >= 0.6 is 21.6 Å². The van der Waals surface area contributed by atoms with Crippen molar-refractivity contribution >= 4 is 68.8 Å². The second-order valence-corrected chi connectivity index (χ2v) is 21.3. The predicted octanol–water partition coefficient (Wildman–Crippen LogP) is -0.438. The SMILES string of the molecule is NCCCC[C@H](NC(=O)[C@H](CSSC[C@H](NC(=O)[C@@H]1CCCN1C(=O)c1ccc2c(c1)OCO2)C(=O)N[C@@H](CCCCN)C(=O)NCCCN)NC(=O)[C@@H]1CCCN1C(=O)c1ccc2c(c1)OCO2)C(=O)NCCCN. The summed E-state index contributed by atoms with van der Waals surface area (Å²) in [6.07, 6.45) is 5.46. The van der Waals surface area contributed by atoms with E-state index in [1.165, 1.54) is 9.80 Å². The number of rotatable bonds is 31. The lowest BCUT2D eigenvalue weighted by molar-refractivity contribution is -0.132. The highest BCUT2D eigenvalue weighted by atomic mass is 33.1. The van der Waals surface area contributed by atoms with Gasteiger partial charge >= 0.3 is 0 Å². The van der Waals surface area contributed by atoms with Gasteiger partial charge in [-0.15, -0.1) is 0 Å². The molecule has 2 fully saturated rings. The number of benzene rings is 2. The zero-order valence-corrected chi connectivity index (χ0v) is 44.5. The molecule has 26 heteroatoms. The summed E-state index contributed by atoms with van der Waals surface area (Å²) in [5.74, 6) is -2.57. The first-order valence-corrected chi connectivity index (χ1v) is 28.6. The number of unbranched alkanes of at least 4 members (excludes halogenated alkanes) is 2. The normalized spacial score (nSPS) is 17.8. The number of hydrogen-bond donors (Lipinski definition) is 10. The van der Waals surface area contributed by atoms with E-state index in [-0.39, 0.29) is 64.1 Å². The average molecular weight is 1100 g/mol. The molecule has 24 nitrogen and oxygen atoms in total. The molecule has 4 heterocycles. The second-order valence-electron chi connectivity index (χ2n) is 18.7. The fraction of sp³-hybridized carbons (Fsp3) is 0.600. The van der Waals surface area contributed by atoms with E-state index in [0.29, 0.717) is 125 Å². The molecule has 0 aromatic heterocycles. The van der Waals surface area contributed by atoms with Gasteiger partial charge in [0.1, 0.15) is 36.3 Å². The zero-order chi connectivity index (χ0) is 54.4. The Kier molecular flexibility index (Phi) is 23.8. The summed E-state index contributed by atoms with van der Waals surface area (Å²) in [6, 6.07) is 3.20. The molecule has 0 bridgehead atoms. The maximum Gasteiger partial charge on any atom is 0.254 e. The van der Waals surface area contributed by atoms with Gasteiger partial charge in [-0.25, -0.2) is 0 Å². The summed E-state index contributed by atoms with van der Waals surface area (Å²) >= 11 is 0. The van der Waals surface area contributed by atoms with Crippen LogP contribution in [0.1, 0.15) is 97.8 Å². The Hall–Kier alpha value is -6.06. The van der Waals surface area contributed by atoms with E-state index in [2.05, 4.69) is 31.9 Å². The van der Waals surface area contributed by atoms with Crippen LogP contribution in [0.25, 0.3) is 0 Å². The van der Waals surface area contributed by atoms with Gasteiger partial charge in [0, 0.05) is 48.8 Å². The highest BCUT2D eigenvalue weighted by Gasteiger charge is 2.39. The minimum atomic E-state index is -1.26. The number of carbonyl (C=O) groups is 8. The van der Waals surface area contributed by atoms with Crippen molar-refractivity contribution in [3.8, 4) is 23.0 Å². The van der Waals surface area contributed by atoms with Crippen molar-refractivity contribution in [2.45, 2.75) is 113 Å². The number of ether oxygens (including phenoxy) is 4. The third-order valence-electron chi connectivity index (χ3n) is 13.2. The number of fused-ring (bicyclic) bond motifs is 2. The molecule has 0 saturated carbocycles. The molecule has 0 aliphatic carbocycles. The molecular weight excluding hydrogens is 1020 g/mol. The van der Waals surface area contributed by atoms with Crippen LogP contribution in [0, 0.1) is 0 Å². The summed E-state index contributed by atoms with van der Waals surface area (Å²) < 4.78 is 21.8. The number of carbonyl (C=O) groups excluding carboxylic acids is 8. The van der Waals surface area contributed by atoms with E-state index >= 15 is 0 Å². The minimum Gasteiger partial charge on any atom is -0.454 e. The van der Waals surface area contributed by atoms with Crippen LogP contribution in [0.5, 0.6) is 23.0 Å². The molecule has 4 aliphatic heterocycles. The summed E-state index contributed by atoms with van der Waals surface area (Å²) in [5.41, 5.74) is 23.4. The van der Waals surface area contributed by atoms with Crippen molar-refractivity contribution in [3.05, 3.63) is 47.5 Å². The van der Waals surface area contributed by atoms with Gasteiger partial charge in [0.25, 0.3) is 11.8 Å². The lowest BCUT2D eigenvalue weighted by atomic mass is 10.1. The summed E-state index contributed by atoms with van der Waals surface area (Å²) in [5, 5.41) is 17.0. The Bertz CT molecular complexity index is 2180. The number of hydrogen-bond acceptors (Lipinski definition) is 18. The van der Waals surface area contributed by atoms with Crippen LogP contribution in [0.3, 0.4) is 0 Å². The van der Waals surface area contributed by atoms with Crippen molar-refractivity contribution in [3.63, 3.8) is 0 Å². The van der Waals surface area contributed by atoms with Crippen LogP contribution in [0.4, 0.5) is 0 Å². The molecule has 0 unspecified atom stereocenters. The van der Waals surface area contributed by atoms with E-state index in [1.807, 2.05) is 0 Å². The minimum absolute atomic E-state index is 0.0173. The topological polar surface area (TPSA) is 356 Å². The molecule has 6 rings (SSSR count). The molecule has 14 N–H and O–H groups in total. The van der Waals surface area contributed by atoms with Gasteiger partial charge < -0.3 is 83.6 Å². The van der Waals surface area contributed by atoms with Crippen LogP contribution in [-0.2, 0) is 28.8 Å². The molecule has 2 saturated heterocycles. The Morgan fingerprint density at radius 1 is 0.500 bits per heavy atom. The Morgan fingerprint density at radius 2 is 0.895 bits per heavy atom. The molecule has 6 atom stereocenters. The molecule has 8 amide bonds. The molecule has 4 aliphatic rings. The molecular formula is C50H74N12O12S2. The first-order valence-electron chi connectivity index (χ1n) is 26.1. The Labute approximate surface area is 450 Å². The lowest BCUT2D eigenvalue weighted by Crippen LogP contribution is -2.57. The van der Waals surface area contributed by atoms with Gasteiger partial charge in [0.05, 0.1) is 0 Å². The maximum absolute atomic E-state index is 14.4. The molecule has 76 heavy (non-hydrogen) atoms. The molecule has 0 radical (unpaired) electrons. The summed E-state index contributed by atoms with van der Waals surface area (Å²) in [7, 11) is 2.23. The van der Waals surface area contributed by atoms with Crippen LogP contribution < -0.4 is 73.8 Å². The van der Waals surface area contributed by atoms with Crippen LogP contribution in [0.2, 0.25) is 0 Å². The van der Waals surface area contributed by atoms with Crippen molar-refractivity contribution in [1.82, 2.24) is 41.7 Å². The summed E-state index contributed by atoms with van der Waals surface area (Å²) in [4.78, 5) is 115. The van der Waals surface area contributed by atoms with Gasteiger partial charge in [-0.2, -0.15) is 0 Å². The van der Waals surface area contributed by atoms with Gasteiger partial charge in [0.15, 0.2) is 23.0 Å². The molecule has 418 valence electrons. The van der Waals surface area contributed by atoms with Gasteiger partial charge in [-0.3, -0.25) is 38.4 Å². The molecule has 0 spiro atoms. The fourth-order valence-electron chi connectivity index (χ4n) is 9.03. The number of nitrogens with one attached hydrogen (secondary N) is 6. The van der Waals surface area contributed by atoms with Crippen molar-refractivity contribution in [2.75, 3.05) is 77.4 Å². The second kappa shape index (κ2) is 30.6. The van der Waals surface area contributed by atoms with E-state index in [9.17, 15) is 38.4 Å². The first kappa shape index (κ1) is 59.2. The average Bonchev–Trinajstić information content (AvgIpc) is 4.28. The number of nitrogens with zero attached hydrogens (tertiary/aromatic N) is 2. The smallest absolute Gasteiger partial charge is 0.254 e. The van der Waals surface area contributed by atoms with Crippen LogP contribution in [-0.4, -0.2) is 171 Å². The lowest BCUT2D eigenvalue weighted by Gasteiger charge is -2.28. The van der Waals surface area contributed by atoms with Crippen molar-refractivity contribution in [2.24, 2.45) is 22.9 Å². The Morgan fingerprint density at radius 3 is 1.29 bits per heavy atom. The van der Waals surface area contributed by atoms with E-state index in [1.54, 1.807) is 36.4 Å². The largest absolute Gasteiger partial charge is 0.454 e. The maximum atomic E-state index is 14.4. The monoisotopic (exact) mass is 1100 g/mol. The van der Waals surface area contributed by atoms with Gasteiger partial charge in [0.2, 0.25) is 49.0 Å². The van der Waals surface area contributed by atoms with E-state index in [0.717, 1.165) is 21.6 Å². The predicted molar refractivity (Wildman–Crippen MR) is 285 cm³/mol. The van der Waals surface area contributed by atoms with Gasteiger partial charge in [-0.1, -0.05) is 21.6 Å².